The van der Waals surface area contributed by atoms with Gasteiger partial charge < -0.3 is 9.80 Å². The van der Waals surface area contributed by atoms with E-state index in [1.165, 1.54) is 11.0 Å². The van der Waals surface area contributed by atoms with Gasteiger partial charge >= 0.3 is 11.8 Å². The van der Waals surface area contributed by atoms with Crippen LogP contribution in [0.4, 0.5) is 4.39 Å². The molecule has 2 aromatic rings. The van der Waals surface area contributed by atoms with Crippen LogP contribution < -0.4 is 0 Å². The summed E-state index contributed by atoms with van der Waals surface area (Å²) >= 11 is 0. The molecule has 4 aliphatic rings. The molecule has 2 heterocycles. The fourth-order valence-electron chi connectivity index (χ4n) is 4.49. The maximum atomic E-state index is 13.9. The highest BCUT2D eigenvalue weighted by Gasteiger charge is 2.62. The monoisotopic (exact) mass is 366 g/mol. The number of halogens is 1. The van der Waals surface area contributed by atoms with Crippen molar-refractivity contribution < 1.29 is 14.0 Å². The number of carbonyl (C=O) groups is 2. The average molecular weight is 366 g/mol. The first-order valence-electron chi connectivity index (χ1n) is 9.24. The van der Waals surface area contributed by atoms with E-state index in [-0.39, 0.29) is 17.9 Å². The van der Waals surface area contributed by atoms with Crippen LogP contribution in [0.1, 0.15) is 25.0 Å². The molecule has 1 aliphatic heterocycles. The van der Waals surface area contributed by atoms with Crippen LogP contribution in [0.25, 0.3) is 11.3 Å². The Balaban J connectivity index is 1.27. The molecule has 4 fully saturated rings. The van der Waals surface area contributed by atoms with Crippen LogP contribution in [-0.2, 0) is 16.1 Å². The van der Waals surface area contributed by atoms with Crippen molar-refractivity contribution in [3.63, 3.8) is 0 Å². The van der Waals surface area contributed by atoms with Gasteiger partial charge in [-0.15, -0.1) is 0 Å². The van der Waals surface area contributed by atoms with Crippen LogP contribution >= 0.6 is 0 Å². The first-order chi connectivity index (χ1) is 13.1. The average Bonchev–Trinajstić information content (AvgIpc) is 2.60. The SMILES string of the molecule is O=C1C(=O)N(C23CC(C2)C3)CCN1Cc1ccc(-c2ccccc2F)nn1. The summed E-state index contributed by atoms with van der Waals surface area (Å²) in [6.45, 7) is 1.32. The molecule has 138 valence electrons. The molecule has 0 unspecified atom stereocenters. The molecule has 2 bridgehead atoms. The highest BCUT2D eigenvalue weighted by molar-refractivity contribution is 6.35. The molecule has 1 saturated heterocycles. The summed E-state index contributed by atoms with van der Waals surface area (Å²) in [5.74, 6) is -0.458. The second-order valence-electron chi connectivity index (χ2n) is 7.78. The smallest absolute Gasteiger partial charge is 0.312 e. The topological polar surface area (TPSA) is 66.4 Å². The van der Waals surface area contributed by atoms with E-state index in [9.17, 15) is 14.0 Å². The van der Waals surface area contributed by atoms with Gasteiger partial charge in [0, 0.05) is 24.2 Å². The molecule has 0 atom stereocenters. The van der Waals surface area contributed by atoms with Gasteiger partial charge in [0.1, 0.15) is 5.82 Å². The number of amides is 2. The van der Waals surface area contributed by atoms with Gasteiger partial charge in [-0.3, -0.25) is 9.59 Å². The molecule has 7 heteroatoms. The van der Waals surface area contributed by atoms with Gasteiger partial charge in [-0.2, -0.15) is 10.2 Å². The summed E-state index contributed by atoms with van der Waals surface area (Å²) in [4.78, 5) is 28.4. The fourth-order valence-corrected chi connectivity index (χ4v) is 4.49. The van der Waals surface area contributed by atoms with E-state index < -0.39 is 11.8 Å². The molecule has 6 rings (SSSR count). The number of carbonyl (C=O) groups excluding carboxylic acids is 2. The van der Waals surface area contributed by atoms with Gasteiger partial charge in [0.15, 0.2) is 0 Å². The van der Waals surface area contributed by atoms with E-state index in [1.54, 1.807) is 35.2 Å². The Morgan fingerprint density at radius 2 is 1.78 bits per heavy atom. The van der Waals surface area contributed by atoms with Gasteiger partial charge in [-0.1, -0.05) is 12.1 Å². The van der Waals surface area contributed by atoms with E-state index in [1.807, 2.05) is 0 Å². The van der Waals surface area contributed by atoms with Crippen LogP contribution in [-0.4, -0.2) is 50.4 Å². The molecule has 3 saturated carbocycles. The van der Waals surface area contributed by atoms with Crippen molar-refractivity contribution in [3.8, 4) is 11.3 Å². The van der Waals surface area contributed by atoms with Crippen LogP contribution in [0.3, 0.4) is 0 Å². The summed E-state index contributed by atoms with van der Waals surface area (Å²) in [7, 11) is 0. The molecule has 0 radical (unpaired) electrons. The van der Waals surface area contributed by atoms with E-state index in [2.05, 4.69) is 10.2 Å². The maximum Gasteiger partial charge on any atom is 0.312 e. The minimum absolute atomic E-state index is 0.0231. The number of hydrogen-bond donors (Lipinski definition) is 0. The van der Waals surface area contributed by atoms with Crippen LogP contribution in [0, 0.1) is 11.7 Å². The summed E-state index contributed by atoms with van der Waals surface area (Å²) < 4.78 is 13.9. The van der Waals surface area contributed by atoms with E-state index in [4.69, 9.17) is 0 Å². The first kappa shape index (κ1) is 16.4. The number of benzene rings is 1. The molecule has 6 nitrogen and oxygen atoms in total. The summed E-state index contributed by atoms with van der Waals surface area (Å²) in [6, 6.07) is 9.79. The van der Waals surface area contributed by atoms with Gasteiger partial charge in [-0.05, 0) is 49.4 Å². The third-order valence-corrected chi connectivity index (χ3v) is 6.11. The molecular weight excluding hydrogens is 347 g/mol. The Hall–Kier alpha value is -2.83. The van der Waals surface area contributed by atoms with E-state index in [0.29, 0.717) is 30.0 Å². The van der Waals surface area contributed by atoms with Crippen LogP contribution in [0.5, 0.6) is 0 Å². The fraction of sp³-hybridized carbons (Fsp3) is 0.400. The summed E-state index contributed by atoms with van der Waals surface area (Å²) in [6.07, 6.45) is 3.15. The Kier molecular flexibility index (Phi) is 3.54. The van der Waals surface area contributed by atoms with Gasteiger partial charge in [0.05, 0.1) is 17.9 Å². The lowest BCUT2D eigenvalue weighted by molar-refractivity contribution is -0.186. The zero-order valence-electron chi connectivity index (χ0n) is 14.8. The van der Waals surface area contributed by atoms with Crippen molar-refractivity contribution >= 4 is 11.8 Å². The lowest BCUT2D eigenvalue weighted by Gasteiger charge is -2.66. The molecule has 0 N–H and O–H groups in total. The van der Waals surface area contributed by atoms with Crippen molar-refractivity contribution in [1.29, 1.82) is 0 Å². The molecule has 27 heavy (non-hydrogen) atoms. The van der Waals surface area contributed by atoms with Crippen molar-refractivity contribution in [2.45, 2.75) is 31.3 Å². The van der Waals surface area contributed by atoms with Crippen LogP contribution in [0.15, 0.2) is 36.4 Å². The Labute approximate surface area is 156 Å². The maximum absolute atomic E-state index is 13.9. The molecule has 0 spiro atoms. The normalized spacial score (nSPS) is 26.6. The van der Waals surface area contributed by atoms with E-state index in [0.717, 1.165) is 25.2 Å². The molecule has 1 aromatic carbocycles. The Bertz CT molecular complexity index is 913. The molecular formula is C20H19FN4O2. The predicted molar refractivity (Wildman–Crippen MR) is 94.6 cm³/mol. The number of aromatic nitrogens is 2. The number of hydrogen-bond acceptors (Lipinski definition) is 4. The summed E-state index contributed by atoms with van der Waals surface area (Å²) in [5.41, 5.74) is 1.38. The van der Waals surface area contributed by atoms with Crippen LogP contribution in [0.2, 0.25) is 0 Å². The van der Waals surface area contributed by atoms with Crippen molar-refractivity contribution in [1.82, 2.24) is 20.0 Å². The van der Waals surface area contributed by atoms with Gasteiger partial charge in [-0.25, -0.2) is 4.39 Å². The highest BCUT2D eigenvalue weighted by Crippen LogP contribution is 2.60. The van der Waals surface area contributed by atoms with Crippen molar-refractivity contribution in [2.24, 2.45) is 5.92 Å². The molecule has 1 aromatic heterocycles. The second kappa shape index (κ2) is 5.84. The Morgan fingerprint density at radius 1 is 1.00 bits per heavy atom. The van der Waals surface area contributed by atoms with E-state index >= 15 is 0 Å². The summed E-state index contributed by atoms with van der Waals surface area (Å²) in [5, 5.41) is 8.20. The zero-order valence-corrected chi connectivity index (χ0v) is 14.8. The first-order valence-corrected chi connectivity index (χ1v) is 9.24. The number of piperazine rings is 1. The predicted octanol–water partition coefficient (Wildman–Crippen LogP) is 2.01. The highest BCUT2D eigenvalue weighted by atomic mass is 19.1. The standard InChI is InChI=1S/C20H19FN4O2/c21-16-4-2-1-3-15(16)17-6-5-14(22-23-17)12-24-7-8-25(19(27)18(24)26)20-9-13(10-20)11-20/h1-6,13H,7-12H2. The number of nitrogens with zero attached hydrogens (tertiary/aromatic N) is 4. The lowest BCUT2D eigenvalue weighted by Crippen LogP contribution is -2.73. The minimum atomic E-state index is -0.467. The van der Waals surface area contributed by atoms with Crippen molar-refractivity contribution in [3.05, 3.63) is 47.9 Å². The zero-order chi connectivity index (χ0) is 18.6. The quantitative estimate of drug-likeness (QED) is 0.777. The largest absolute Gasteiger partial charge is 0.327 e. The third kappa shape index (κ3) is 2.52. The third-order valence-electron chi connectivity index (χ3n) is 6.11. The van der Waals surface area contributed by atoms with Gasteiger partial charge in [0.25, 0.3) is 0 Å². The Morgan fingerprint density at radius 3 is 2.41 bits per heavy atom. The molecule has 2 amide bonds. The second-order valence-corrected chi connectivity index (χ2v) is 7.78. The number of rotatable bonds is 4. The van der Waals surface area contributed by atoms with Crippen molar-refractivity contribution in [2.75, 3.05) is 13.1 Å². The lowest BCUT2D eigenvalue weighted by atomic mass is 9.49. The van der Waals surface area contributed by atoms with Gasteiger partial charge in [0.2, 0.25) is 0 Å². The minimum Gasteiger partial charge on any atom is -0.327 e. The molecule has 3 aliphatic carbocycles.